The van der Waals surface area contributed by atoms with Gasteiger partial charge in [0.25, 0.3) is 5.91 Å². The van der Waals surface area contributed by atoms with Crippen LogP contribution in [0.25, 0.3) is 11.3 Å². The molecule has 1 atom stereocenters. The van der Waals surface area contributed by atoms with Gasteiger partial charge in [0.1, 0.15) is 4.88 Å². The molecule has 0 aliphatic carbocycles. The second-order valence-electron chi connectivity index (χ2n) is 6.08. The first-order valence-electron chi connectivity index (χ1n) is 8.34. The van der Waals surface area contributed by atoms with E-state index in [1.54, 1.807) is 6.20 Å². The molecule has 3 aromatic rings. The largest absolute Gasteiger partial charge is 0.375 e. The summed E-state index contributed by atoms with van der Waals surface area (Å²) in [5.74, 6) is 0.551. The number of amides is 1. The number of aromatic nitrogens is 3. The van der Waals surface area contributed by atoms with Gasteiger partial charge in [-0.15, -0.1) is 0 Å². The number of hydrogen-bond acceptors (Lipinski definition) is 7. The molecule has 0 spiro atoms. The molecule has 26 heavy (non-hydrogen) atoms. The zero-order chi connectivity index (χ0) is 17.9. The lowest BCUT2D eigenvalue weighted by atomic mass is 10.1. The summed E-state index contributed by atoms with van der Waals surface area (Å²) in [5, 5.41) is 3.43. The standard InChI is InChI=1S/C18H18N6OS/c19-17-21-10-15(26-17)16(25)22-13-7-9-24(11-13)18-20-8-6-14(23-18)12-4-2-1-3-5-12/h1-6,8,10,13H,7,9,11H2,(H2,19,21)(H,22,25). The Morgan fingerprint density at radius 3 is 2.85 bits per heavy atom. The van der Waals surface area contributed by atoms with Gasteiger partial charge in [-0.25, -0.2) is 15.0 Å². The smallest absolute Gasteiger partial charge is 0.263 e. The van der Waals surface area contributed by atoms with Crippen LogP contribution in [0.3, 0.4) is 0 Å². The third-order valence-electron chi connectivity index (χ3n) is 4.27. The number of benzene rings is 1. The number of anilines is 2. The van der Waals surface area contributed by atoms with Crippen molar-refractivity contribution in [2.24, 2.45) is 0 Å². The second kappa shape index (κ2) is 7.09. The van der Waals surface area contributed by atoms with Crippen molar-refractivity contribution in [3.63, 3.8) is 0 Å². The van der Waals surface area contributed by atoms with Crippen LogP contribution in [0.1, 0.15) is 16.1 Å². The number of nitrogens with one attached hydrogen (secondary N) is 1. The van der Waals surface area contributed by atoms with Crippen LogP contribution in [0.2, 0.25) is 0 Å². The fourth-order valence-electron chi connectivity index (χ4n) is 2.98. The highest BCUT2D eigenvalue weighted by Crippen LogP contribution is 2.22. The Bertz CT molecular complexity index is 913. The molecule has 132 valence electrons. The van der Waals surface area contributed by atoms with E-state index in [2.05, 4.69) is 25.2 Å². The molecule has 3 heterocycles. The van der Waals surface area contributed by atoms with Crippen LogP contribution in [0.4, 0.5) is 11.1 Å². The highest BCUT2D eigenvalue weighted by atomic mass is 32.1. The minimum Gasteiger partial charge on any atom is -0.375 e. The SMILES string of the molecule is Nc1ncc(C(=O)NC2CCN(c3nccc(-c4ccccc4)n3)C2)s1. The van der Waals surface area contributed by atoms with Gasteiger partial charge in [-0.05, 0) is 12.5 Å². The van der Waals surface area contributed by atoms with Gasteiger partial charge < -0.3 is 16.0 Å². The third-order valence-corrected chi connectivity index (χ3v) is 5.09. The number of carbonyl (C=O) groups is 1. The molecule has 1 aromatic carbocycles. The maximum Gasteiger partial charge on any atom is 0.263 e. The van der Waals surface area contributed by atoms with E-state index in [0.29, 0.717) is 22.5 Å². The van der Waals surface area contributed by atoms with E-state index in [4.69, 9.17) is 5.73 Å². The Balaban J connectivity index is 1.43. The fourth-order valence-corrected chi connectivity index (χ4v) is 3.57. The molecule has 1 amide bonds. The van der Waals surface area contributed by atoms with Crippen LogP contribution < -0.4 is 16.0 Å². The number of carbonyl (C=O) groups excluding carboxylic acids is 1. The van der Waals surface area contributed by atoms with E-state index in [-0.39, 0.29) is 11.9 Å². The molecule has 0 radical (unpaired) electrons. The molecule has 1 aliphatic rings. The molecule has 2 aromatic heterocycles. The molecular weight excluding hydrogens is 348 g/mol. The zero-order valence-corrected chi connectivity index (χ0v) is 14.8. The predicted molar refractivity (Wildman–Crippen MR) is 102 cm³/mol. The summed E-state index contributed by atoms with van der Waals surface area (Å²) in [6.45, 7) is 1.48. The Labute approximate surface area is 154 Å². The van der Waals surface area contributed by atoms with Crippen LogP contribution in [0, 0.1) is 0 Å². The summed E-state index contributed by atoms with van der Waals surface area (Å²) in [5.41, 5.74) is 7.54. The van der Waals surface area contributed by atoms with Gasteiger partial charge >= 0.3 is 0 Å². The van der Waals surface area contributed by atoms with E-state index >= 15 is 0 Å². The lowest BCUT2D eigenvalue weighted by Gasteiger charge is -2.17. The molecule has 1 fully saturated rings. The number of nitrogen functional groups attached to an aromatic ring is 1. The van der Waals surface area contributed by atoms with Crippen molar-refractivity contribution in [2.75, 3.05) is 23.7 Å². The predicted octanol–water partition coefficient (Wildman–Crippen LogP) is 2.19. The van der Waals surface area contributed by atoms with Crippen LogP contribution >= 0.6 is 11.3 Å². The average molecular weight is 366 g/mol. The van der Waals surface area contributed by atoms with Crippen LogP contribution in [0.5, 0.6) is 0 Å². The van der Waals surface area contributed by atoms with E-state index < -0.39 is 0 Å². The first-order chi connectivity index (χ1) is 12.7. The van der Waals surface area contributed by atoms with E-state index in [1.807, 2.05) is 36.4 Å². The van der Waals surface area contributed by atoms with Gasteiger partial charge in [-0.3, -0.25) is 4.79 Å². The van der Waals surface area contributed by atoms with Gasteiger partial charge in [0.05, 0.1) is 11.9 Å². The van der Waals surface area contributed by atoms with Gasteiger partial charge in [0.15, 0.2) is 5.13 Å². The Morgan fingerprint density at radius 2 is 2.08 bits per heavy atom. The second-order valence-corrected chi connectivity index (χ2v) is 7.14. The molecule has 0 bridgehead atoms. The number of hydrogen-bond donors (Lipinski definition) is 2. The van der Waals surface area contributed by atoms with Gasteiger partial charge in [-0.2, -0.15) is 0 Å². The van der Waals surface area contributed by atoms with Gasteiger partial charge in [-0.1, -0.05) is 41.7 Å². The third kappa shape index (κ3) is 3.50. The molecule has 4 rings (SSSR count). The van der Waals surface area contributed by atoms with Crippen LogP contribution in [0.15, 0.2) is 48.8 Å². The first kappa shape index (κ1) is 16.5. The summed E-state index contributed by atoms with van der Waals surface area (Å²) in [6, 6.07) is 12.0. The maximum absolute atomic E-state index is 12.3. The van der Waals surface area contributed by atoms with Gasteiger partial charge in [0.2, 0.25) is 5.95 Å². The van der Waals surface area contributed by atoms with Crippen molar-refractivity contribution < 1.29 is 4.79 Å². The topological polar surface area (TPSA) is 97.0 Å². The summed E-state index contributed by atoms with van der Waals surface area (Å²) in [7, 11) is 0. The van der Waals surface area contributed by atoms with E-state index in [9.17, 15) is 4.79 Å². The van der Waals surface area contributed by atoms with Crippen molar-refractivity contribution in [3.05, 3.63) is 53.7 Å². The molecule has 8 heteroatoms. The van der Waals surface area contributed by atoms with Crippen molar-refractivity contribution in [3.8, 4) is 11.3 Å². The van der Waals surface area contributed by atoms with Crippen molar-refractivity contribution >= 4 is 28.3 Å². The molecule has 7 nitrogen and oxygen atoms in total. The Morgan fingerprint density at radius 1 is 1.23 bits per heavy atom. The van der Waals surface area contributed by atoms with Crippen molar-refractivity contribution in [1.29, 1.82) is 0 Å². The Kier molecular flexibility index (Phi) is 4.49. The number of thiazole rings is 1. The summed E-state index contributed by atoms with van der Waals surface area (Å²) >= 11 is 1.19. The number of nitrogens with zero attached hydrogens (tertiary/aromatic N) is 4. The minimum atomic E-state index is -0.134. The number of rotatable bonds is 4. The van der Waals surface area contributed by atoms with Gasteiger partial charge in [0, 0.05) is 30.9 Å². The Hall–Kier alpha value is -3.00. The lowest BCUT2D eigenvalue weighted by Crippen LogP contribution is -2.37. The minimum absolute atomic E-state index is 0.0507. The maximum atomic E-state index is 12.3. The first-order valence-corrected chi connectivity index (χ1v) is 9.16. The molecule has 3 N–H and O–H groups in total. The number of nitrogens with two attached hydrogens (primary N) is 1. The quantitative estimate of drug-likeness (QED) is 0.735. The molecule has 1 saturated heterocycles. The normalized spacial score (nSPS) is 16.6. The van der Waals surface area contributed by atoms with E-state index in [0.717, 1.165) is 24.2 Å². The highest BCUT2D eigenvalue weighted by molar-refractivity contribution is 7.17. The van der Waals surface area contributed by atoms with Crippen molar-refractivity contribution in [1.82, 2.24) is 20.3 Å². The summed E-state index contributed by atoms with van der Waals surface area (Å²) in [4.78, 5) is 27.9. The van der Waals surface area contributed by atoms with Crippen LogP contribution in [-0.4, -0.2) is 40.0 Å². The molecular formula is C18H18N6OS. The van der Waals surface area contributed by atoms with Crippen molar-refractivity contribution in [2.45, 2.75) is 12.5 Å². The summed E-state index contributed by atoms with van der Waals surface area (Å²) in [6.07, 6.45) is 4.13. The fraction of sp³-hybridized carbons (Fsp3) is 0.222. The molecule has 1 unspecified atom stereocenters. The monoisotopic (exact) mass is 366 g/mol. The van der Waals surface area contributed by atoms with Crippen LogP contribution in [-0.2, 0) is 0 Å². The highest BCUT2D eigenvalue weighted by Gasteiger charge is 2.26. The average Bonchev–Trinajstić information content (AvgIpc) is 3.32. The zero-order valence-electron chi connectivity index (χ0n) is 14.0. The lowest BCUT2D eigenvalue weighted by molar-refractivity contribution is 0.0944. The van der Waals surface area contributed by atoms with E-state index in [1.165, 1.54) is 17.5 Å². The molecule has 0 saturated carbocycles. The summed E-state index contributed by atoms with van der Waals surface area (Å²) < 4.78 is 0. The molecule has 1 aliphatic heterocycles.